The first kappa shape index (κ1) is 12.7. The lowest BCUT2D eigenvalue weighted by Gasteiger charge is -2.26. The Hall–Kier alpha value is -1.28. The molecule has 102 valence electrons. The van der Waals surface area contributed by atoms with Crippen molar-refractivity contribution in [1.82, 2.24) is 9.88 Å². The van der Waals surface area contributed by atoms with Crippen LogP contribution in [-0.2, 0) is 13.0 Å². The molecule has 0 bridgehead atoms. The maximum Gasteiger partial charge on any atom is 0.0483 e. The largest absolute Gasteiger partial charge is 0.347 e. The first-order valence-corrected chi connectivity index (χ1v) is 7.51. The maximum absolute atomic E-state index is 3.31. The summed E-state index contributed by atoms with van der Waals surface area (Å²) in [7, 11) is 2.03. The molecule has 1 aromatic carbocycles. The van der Waals surface area contributed by atoms with Crippen molar-refractivity contribution in [3.8, 4) is 0 Å². The van der Waals surface area contributed by atoms with Gasteiger partial charge in [-0.2, -0.15) is 0 Å². The van der Waals surface area contributed by atoms with E-state index >= 15 is 0 Å². The fraction of sp³-hybridized carbons (Fsp3) is 0.529. The highest BCUT2D eigenvalue weighted by Gasteiger charge is 2.18. The van der Waals surface area contributed by atoms with E-state index in [1.54, 1.807) is 0 Å². The van der Waals surface area contributed by atoms with Crippen molar-refractivity contribution >= 4 is 10.9 Å². The summed E-state index contributed by atoms with van der Waals surface area (Å²) in [6.07, 6.45) is 7.61. The standard InChI is InChI=1S/C17H24N2/c1-13(18-2)10-15-6-7-16-8-9-19(17(16)11-15)12-14-4-3-5-14/h6-9,11,13-14,18H,3-5,10,12H2,1-2H3. The summed E-state index contributed by atoms with van der Waals surface area (Å²) in [5.41, 5.74) is 2.84. The molecule has 1 saturated carbocycles. The molecule has 2 nitrogen and oxygen atoms in total. The summed E-state index contributed by atoms with van der Waals surface area (Å²) < 4.78 is 2.45. The van der Waals surface area contributed by atoms with Gasteiger partial charge in [-0.05, 0) is 62.2 Å². The Morgan fingerprint density at radius 2 is 2.16 bits per heavy atom. The normalized spacial score (nSPS) is 17.6. The number of fused-ring (bicyclic) bond motifs is 1. The third-order valence-corrected chi connectivity index (χ3v) is 4.55. The lowest BCUT2D eigenvalue weighted by atomic mass is 9.85. The second-order valence-corrected chi connectivity index (χ2v) is 6.05. The molecular weight excluding hydrogens is 232 g/mol. The first-order valence-electron chi connectivity index (χ1n) is 7.51. The topological polar surface area (TPSA) is 17.0 Å². The molecule has 2 aromatic rings. The van der Waals surface area contributed by atoms with E-state index in [9.17, 15) is 0 Å². The molecule has 3 rings (SSSR count). The second-order valence-electron chi connectivity index (χ2n) is 6.05. The van der Waals surface area contributed by atoms with Crippen molar-refractivity contribution in [1.29, 1.82) is 0 Å². The Morgan fingerprint density at radius 1 is 1.32 bits per heavy atom. The number of aromatic nitrogens is 1. The Morgan fingerprint density at radius 3 is 2.84 bits per heavy atom. The monoisotopic (exact) mass is 256 g/mol. The maximum atomic E-state index is 3.31. The summed E-state index contributed by atoms with van der Waals surface area (Å²) >= 11 is 0. The lowest BCUT2D eigenvalue weighted by molar-refractivity contribution is 0.280. The summed E-state index contributed by atoms with van der Waals surface area (Å²) in [6.45, 7) is 3.44. The fourth-order valence-electron chi connectivity index (χ4n) is 2.92. The van der Waals surface area contributed by atoms with Crippen LogP contribution in [-0.4, -0.2) is 17.7 Å². The zero-order chi connectivity index (χ0) is 13.2. The number of rotatable bonds is 5. The van der Waals surface area contributed by atoms with Gasteiger partial charge in [0, 0.05) is 24.3 Å². The Bertz CT molecular complexity index is 551. The average Bonchev–Trinajstić information content (AvgIpc) is 2.76. The van der Waals surface area contributed by atoms with Crippen LogP contribution >= 0.6 is 0 Å². The van der Waals surface area contributed by atoms with Crippen molar-refractivity contribution in [2.75, 3.05) is 7.05 Å². The second kappa shape index (κ2) is 5.38. The summed E-state index contributed by atoms with van der Waals surface area (Å²) in [4.78, 5) is 0. The van der Waals surface area contributed by atoms with Gasteiger partial charge in [0.05, 0.1) is 0 Å². The van der Waals surface area contributed by atoms with E-state index < -0.39 is 0 Å². The van der Waals surface area contributed by atoms with Crippen LogP contribution in [0.15, 0.2) is 30.5 Å². The van der Waals surface area contributed by atoms with E-state index in [0.717, 1.165) is 12.3 Å². The smallest absolute Gasteiger partial charge is 0.0483 e. The molecule has 2 heteroatoms. The number of nitrogens with zero attached hydrogens (tertiary/aromatic N) is 1. The van der Waals surface area contributed by atoms with Gasteiger partial charge < -0.3 is 9.88 Å². The minimum absolute atomic E-state index is 0.535. The number of hydrogen-bond donors (Lipinski definition) is 1. The van der Waals surface area contributed by atoms with Crippen molar-refractivity contribution < 1.29 is 0 Å². The van der Waals surface area contributed by atoms with Gasteiger partial charge in [0.1, 0.15) is 0 Å². The van der Waals surface area contributed by atoms with Crippen LogP contribution < -0.4 is 5.32 Å². The zero-order valence-corrected chi connectivity index (χ0v) is 12.0. The summed E-state index contributed by atoms with van der Waals surface area (Å²) in [5, 5.41) is 4.69. The molecule has 1 aliphatic rings. The Balaban J connectivity index is 1.84. The molecule has 1 aromatic heterocycles. The van der Waals surface area contributed by atoms with Gasteiger partial charge in [0.2, 0.25) is 0 Å². The first-order chi connectivity index (χ1) is 9.26. The Labute approximate surface area is 115 Å². The molecule has 1 atom stereocenters. The van der Waals surface area contributed by atoms with Crippen molar-refractivity contribution in [2.45, 2.75) is 45.2 Å². The minimum atomic E-state index is 0.535. The summed E-state index contributed by atoms with van der Waals surface area (Å²) in [6, 6.07) is 9.70. The third-order valence-electron chi connectivity index (χ3n) is 4.55. The lowest BCUT2D eigenvalue weighted by Crippen LogP contribution is -2.23. The van der Waals surface area contributed by atoms with E-state index in [1.807, 2.05) is 7.05 Å². The number of benzene rings is 1. The van der Waals surface area contributed by atoms with Gasteiger partial charge >= 0.3 is 0 Å². The van der Waals surface area contributed by atoms with Crippen molar-refractivity contribution in [3.63, 3.8) is 0 Å². The number of likely N-dealkylation sites (N-methyl/N-ethyl adjacent to an activating group) is 1. The van der Waals surface area contributed by atoms with Crippen LogP contribution in [0.25, 0.3) is 10.9 Å². The molecule has 0 aliphatic heterocycles. The highest BCUT2D eigenvalue weighted by Crippen LogP contribution is 2.29. The SMILES string of the molecule is CNC(C)Cc1ccc2ccn(CC3CCC3)c2c1. The molecule has 1 unspecified atom stereocenters. The van der Waals surface area contributed by atoms with E-state index in [0.29, 0.717) is 6.04 Å². The van der Waals surface area contributed by atoms with Gasteiger partial charge in [-0.3, -0.25) is 0 Å². The molecular formula is C17H24N2. The molecule has 1 aliphatic carbocycles. The predicted molar refractivity (Wildman–Crippen MR) is 81.5 cm³/mol. The van der Waals surface area contributed by atoms with E-state index in [1.165, 1.54) is 42.3 Å². The predicted octanol–water partition coefficient (Wildman–Crippen LogP) is 3.59. The summed E-state index contributed by atoms with van der Waals surface area (Å²) in [5.74, 6) is 0.912. The molecule has 19 heavy (non-hydrogen) atoms. The minimum Gasteiger partial charge on any atom is -0.347 e. The molecule has 1 fully saturated rings. The van der Waals surface area contributed by atoms with E-state index in [-0.39, 0.29) is 0 Å². The molecule has 1 heterocycles. The van der Waals surface area contributed by atoms with Crippen LogP contribution in [0.1, 0.15) is 31.7 Å². The van der Waals surface area contributed by atoms with Gasteiger partial charge in [-0.15, -0.1) is 0 Å². The van der Waals surface area contributed by atoms with Crippen molar-refractivity contribution in [3.05, 3.63) is 36.0 Å². The average molecular weight is 256 g/mol. The van der Waals surface area contributed by atoms with Gasteiger partial charge in [-0.25, -0.2) is 0 Å². The fourth-order valence-corrected chi connectivity index (χ4v) is 2.92. The van der Waals surface area contributed by atoms with Crippen LogP contribution in [0.2, 0.25) is 0 Å². The molecule has 0 amide bonds. The highest BCUT2D eigenvalue weighted by molar-refractivity contribution is 5.80. The van der Waals surface area contributed by atoms with Gasteiger partial charge in [0.25, 0.3) is 0 Å². The molecule has 0 radical (unpaired) electrons. The van der Waals surface area contributed by atoms with Crippen molar-refractivity contribution in [2.24, 2.45) is 5.92 Å². The zero-order valence-electron chi connectivity index (χ0n) is 12.0. The van der Waals surface area contributed by atoms with Crippen LogP contribution in [0.4, 0.5) is 0 Å². The van der Waals surface area contributed by atoms with E-state index in [4.69, 9.17) is 0 Å². The van der Waals surface area contributed by atoms with Crippen LogP contribution in [0.5, 0.6) is 0 Å². The van der Waals surface area contributed by atoms with Gasteiger partial charge in [-0.1, -0.05) is 18.6 Å². The number of hydrogen-bond acceptors (Lipinski definition) is 1. The van der Waals surface area contributed by atoms with E-state index in [2.05, 4.69) is 47.3 Å². The molecule has 0 spiro atoms. The Kier molecular flexibility index (Phi) is 3.61. The molecule has 0 saturated heterocycles. The third kappa shape index (κ3) is 2.69. The van der Waals surface area contributed by atoms with Crippen LogP contribution in [0.3, 0.4) is 0 Å². The van der Waals surface area contributed by atoms with Gasteiger partial charge in [0.15, 0.2) is 0 Å². The van der Waals surface area contributed by atoms with Crippen LogP contribution in [0, 0.1) is 5.92 Å². The number of nitrogens with one attached hydrogen (secondary N) is 1. The quantitative estimate of drug-likeness (QED) is 0.865. The molecule has 1 N–H and O–H groups in total. The highest BCUT2D eigenvalue weighted by atomic mass is 15.0.